The molecule has 4 saturated heterocycles. The lowest BCUT2D eigenvalue weighted by atomic mass is 9.86. The Morgan fingerprint density at radius 3 is 0.634 bits per heavy atom. The summed E-state index contributed by atoms with van der Waals surface area (Å²) in [5.74, 6) is 22.6. The van der Waals surface area contributed by atoms with Gasteiger partial charge in [-0.1, -0.05) is 194 Å². The van der Waals surface area contributed by atoms with Crippen LogP contribution in [0.2, 0.25) is 0 Å². The molecular weight excluding hydrogens is 1420 g/mol. The van der Waals surface area contributed by atoms with Crippen LogP contribution in [-0.2, 0) is 41.1 Å². The Morgan fingerprint density at radius 1 is 0.250 bits per heavy atom. The normalized spacial score (nSPS) is 20.6. The lowest BCUT2D eigenvalue weighted by molar-refractivity contribution is 0.108. The molecule has 4 amide bonds. The number of carbonyl (C=O) groups is 4. The van der Waals surface area contributed by atoms with Crippen molar-refractivity contribution in [3.8, 4) is 47.4 Å². The third kappa shape index (κ3) is 17.3. The summed E-state index contributed by atoms with van der Waals surface area (Å²) in [6, 6.07) is 84.9. The molecule has 16 rings (SSSR count). The van der Waals surface area contributed by atoms with E-state index in [9.17, 15) is 36.7 Å². The van der Waals surface area contributed by atoms with E-state index in [4.69, 9.17) is 18.9 Å². The predicted octanol–water partition coefficient (Wildman–Crippen LogP) is 17.3. The highest BCUT2D eigenvalue weighted by Crippen LogP contribution is 2.46. The Bertz CT molecular complexity index is 5060. The summed E-state index contributed by atoms with van der Waals surface area (Å²) >= 11 is 0. The van der Waals surface area contributed by atoms with Gasteiger partial charge in [-0.2, -0.15) is 0 Å². The van der Waals surface area contributed by atoms with Crippen molar-refractivity contribution in [3.05, 3.63) is 405 Å². The highest BCUT2D eigenvalue weighted by molar-refractivity contribution is 5.74. The zero-order valence-electron chi connectivity index (χ0n) is 60.6. The quantitative estimate of drug-likeness (QED) is 0.0637. The minimum absolute atomic E-state index is 0.297. The molecule has 0 unspecified atom stereocenters. The average molecular weight is 1490 g/mol. The van der Waals surface area contributed by atoms with Gasteiger partial charge in [-0.05, 0) is 173 Å². The van der Waals surface area contributed by atoms with Gasteiger partial charge in [0.25, 0.3) is 0 Å². The van der Waals surface area contributed by atoms with E-state index in [-0.39, 0.29) is 0 Å². The van der Waals surface area contributed by atoms with Crippen LogP contribution in [-0.4, -0.2) is 44.3 Å². The van der Waals surface area contributed by atoms with E-state index in [1.807, 2.05) is 146 Å². The number of halogens is 4. The predicted molar refractivity (Wildman–Crippen MR) is 411 cm³/mol. The number of aromatic nitrogens is 4. The Kier molecular flexibility index (Phi) is 22.7. The second-order valence-electron chi connectivity index (χ2n) is 26.6. The van der Waals surface area contributed by atoms with Crippen molar-refractivity contribution >= 4 is 24.4 Å². The van der Waals surface area contributed by atoms with Crippen LogP contribution in [0.5, 0.6) is 0 Å². The van der Waals surface area contributed by atoms with Crippen LogP contribution in [0, 0.1) is 70.6 Å². The zero-order chi connectivity index (χ0) is 78.2. The van der Waals surface area contributed by atoms with Crippen molar-refractivity contribution in [1.82, 2.24) is 41.2 Å². The molecule has 0 radical (unpaired) electrons. The third-order valence-corrected chi connectivity index (χ3v) is 18.8. The molecule has 0 aliphatic carbocycles. The van der Waals surface area contributed by atoms with E-state index in [0.717, 1.165) is 22.3 Å². The molecule has 552 valence electrons. The smallest absolute Gasteiger partial charge is 0.408 e. The van der Waals surface area contributed by atoms with E-state index in [2.05, 4.69) is 88.6 Å². The topological polar surface area (TPSA) is 205 Å². The first-order valence-corrected chi connectivity index (χ1v) is 35.4. The number of carbonyl (C=O) groups excluding carboxylic acids is 4. The molecule has 0 saturated carbocycles. The maximum atomic E-state index is 14.4. The fraction of sp³-hybridized carbons (Fsp3) is 0.130. The Balaban J connectivity index is 0.000000131. The van der Waals surface area contributed by atoms with Crippen molar-refractivity contribution in [1.29, 1.82) is 0 Å². The maximum absolute atomic E-state index is 14.4. The number of benzene rings is 8. The van der Waals surface area contributed by atoms with E-state index in [1.165, 1.54) is 24.3 Å². The molecule has 8 heterocycles. The molecule has 8 aromatic carbocycles. The van der Waals surface area contributed by atoms with Crippen molar-refractivity contribution in [2.75, 3.05) is 0 Å². The van der Waals surface area contributed by atoms with Gasteiger partial charge in [-0.15, -0.1) is 0 Å². The summed E-state index contributed by atoms with van der Waals surface area (Å²) < 4.78 is 79.0. The molecule has 4 aliphatic heterocycles. The van der Waals surface area contributed by atoms with Gasteiger partial charge < -0.3 is 40.2 Å². The third-order valence-electron chi connectivity index (χ3n) is 18.8. The van der Waals surface area contributed by atoms with Crippen molar-refractivity contribution in [3.63, 3.8) is 0 Å². The molecule has 16 nitrogen and oxygen atoms in total. The summed E-state index contributed by atoms with van der Waals surface area (Å²) in [5, 5.41) is 11.1. The second kappa shape index (κ2) is 33.7. The summed E-state index contributed by atoms with van der Waals surface area (Å²) in [5.41, 5.74) is 5.00. The van der Waals surface area contributed by atoms with Gasteiger partial charge in [0, 0.05) is 44.5 Å². The van der Waals surface area contributed by atoms with E-state index >= 15 is 0 Å². The fourth-order valence-corrected chi connectivity index (χ4v) is 13.0. The lowest BCUT2D eigenvalue weighted by Gasteiger charge is -2.28. The first kappa shape index (κ1) is 75.6. The molecular formula is C92H68F4N8O8. The SMILES string of the molecule is C[C@@]1(c2cccc(C#Cc3ccccc3)n2)NC(=O)O[C@@H]1c1ccccc1F.C[C@@]1(c2cccc(C#Cc3ccccc3)n2)NC(=O)O[C@H]1c1ccccc1F.C[C@]1(c2cccc(C#Cc3ccccc3)n2)NC(=O)O[C@@H]1c1ccccc1F.C[C@]1(c2cccc(C#Cc3ccccc3)n2)NC(=O)O[C@H]1c1ccccc1F. The first-order chi connectivity index (χ1) is 54.2. The Morgan fingerprint density at radius 2 is 0.438 bits per heavy atom. The number of alkyl carbamates (subject to hydrolysis) is 4. The van der Waals surface area contributed by atoms with Gasteiger partial charge in [0.1, 0.15) is 68.2 Å². The molecule has 0 spiro atoms. The van der Waals surface area contributed by atoms with Crippen molar-refractivity contribution in [2.45, 2.75) is 74.3 Å². The van der Waals surface area contributed by atoms with Gasteiger partial charge >= 0.3 is 24.4 Å². The van der Waals surface area contributed by atoms with Crippen LogP contribution >= 0.6 is 0 Å². The summed E-state index contributed by atoms with van der Waals surface area (Å²) in [7, 11) is 0. The van der Waals surface area contributed by atoms with Crippen LogP contribution in [0.4, 0.5) is 36.7 Å². The van der Waals surface area contributed by atoms with E-state index < -0.39 is 94.2 Å². The number of rotatable bonds is 8. The van der Waals surface area contributed by atoms with E-state index in [1.54, 1.807) is 149 Å². The average Bonchev–Trinajstić information content (AvgIpc) is 1.56. The monoisotopic (exact) mass is 1490 g/mol. The standard InChI is InChI=1S/4C23H17FN2O2/c4*1-23(21(28-22(27)26-23)18-11-5-6-12-19(18)24)20-13-7-10-17(25-20)15-14-16-8-3-2-4-9-16/h4*2-13,21H,1H3,(H,26,27)/t2*21-,23+;2*21-,23-/m1010/s1. The Labute approximate surface area is 644 Å². The molecule has 8 atom stereocenters. The molecule has 112 heavy (non-hydrogen) atoms. The van der Waals surface area contributed by atoms with E-state index in [0.29, 0.717) is 67.8 Å². The molecule has 4 aromatic heterocycles. The summed E-state index contributed by atoms with van der Waals surface area (Å²) in [4.78, 5) is 66.4. The lowest BCUT2D eigenvalue weighted by Crippen LogP contribution is -2.40. The second-order valence-corrected chi connectivity index (χ2v) is 26.6. The molecule has 4 aliphatic rings. The van der Waals surface area contributed by atoms with Gasteiger partial charge in [-0.25, -0.2) is 56.7 Å². The van der Waals surface area contributed by atoms with Crippen LogP contribution in [0.25, 0.3) is 0 Å². The molecule has 4 fully saturated rings. The largest absolute Gasteiger partial charge is 0.438 e. The molecule has 12 aromatic rings. The number of cyclic esters (lactones) is 4. The zero-order valence-corrected chi connectivity index (χ0v) is 60.6. The van der Waals surface area contributed by atoms with Crippen LogP contribution in [0.15, 0.2) is 291 Å². The molecule has 4 N–H and O–H groups in total. The highest BCUT2D eigenvalue weighted by atomic mass is 19.1. The first-order valence-electron chi connectivity index (χ1n) is 35.4. The van der Waals surface area contributed by atoms with Crippen LogP contribution < -0.4 is 21.3 Å². The molecule has 0 bridgehead atoms. The maximum Gasteiger partial charge on any atom is 0.408 e. The van der Waals surface area contributed by atoms with Crippen molar-refractivity contribution < 1.29 is 55.7 Å². The minimum Gasteiger partial charge on any atom is -0.438 e. The minimum atomic E-state index is -1.02. The number of hydrogen-bond acceptors (Lipinski definition) is 12. The number of nitrogens with one attached hydrogen (secondary N) is 4. The molecule has 20 heteroatoms. The number of nitrogens with zero attached hydrogens (tertiary/aromatic N) is 4. The van der Waals surface area contributed by atoms with Crippen LogP contribution in [0.1, 0.15) is 142 Å². The number of pyridine rings is 4. The van der Waals surface area contributed by atoms with Gasteiger partial charge in [0.15, 0.2) is 24.4 Å². The summed E-state index contributed by atoms with van der Waals surface area (Å²) in [6.07, 6.45) is -5.82. The Hall–Kier alpha value is -14.6. The summed E-state index contributed by atoms with van der Waals surface area (Å²) in [6.45, 7) is 7.08. The van der Waals surface area contributed by atoms with Crippen molar-refractivity contribution in [2.24, 2.45) is 0 Å². The van der Waals surface area contributed by atoms with Gasteiger partial charge in [0.2, 0.25) is 0 Å². The highest BCUT2D eigenvalue weighted by Gasteiger charge is 2.53. The number of ether oxygens (including phenoxy) is 4. The van der Waals surface area contributed by atoms with Gasteiger partial charge in [-0.3, -0.25) is 0 Å². The fourth-order valence-electron chi connectivity index (χ4n) is 13.0. The number of amides is 4. The van der Waals surface area contributed by atoms with Gasteiger partial charge in [0.05, 0.1) is 22.8 Å². The van der Waals surface area contributed by atoms with Crippen LogP contribution in [0.3, 0.4) is 0 Å². The number of hydrogen-bond donors (Lipinski definition) is 4.